The highest BCUT2D eigenvalue weighted by Gasteiger charge is 2.09. The van der Waals surface area contributed by atoms with Gasteiger partial charge >= 0.3 is 0 Å². The molecule has 12 heavy (non-hydrogen) atoms. The molecule has 1 aromatic rings. The van der Waals surface area contributed by atoms with Crippen molar-refractivity contribution < 1.29 is 4.79 Å². The summed E-state index contributed by atoms with van der Waals surface area (Å²) < 4.78 is 0.672. The van der Waals surface area contributed by atoms with Crippen molar-refractivity contribution in [2.75, 3.05) is 0 Å². The first kappa shape index (κ1) is 9.44. The quantitative estimate of drug-likeness (QED) is 0.339. The lowest BCUT2D eigenvalue weighted by Crippen LogP contribution is -2.30. The zero-order valence-electron chi connectivity index (χ0n) is 5.84. The van der Waals surface area contributed by atoms with Crippen molar-refractivity contribution in [1.82, 2.24) is 10.4 Å². The lowest BCUT2D eigenvalue weighted by molar-refractivity contribution is 0.0953. The molecule has 0 bridgehead atoms. The van der Waals surface area contributed by atoms with E-state index in [1.807, 2.05) is 5.43 Å². The number of carbonyl (C=O) groups is 1. The highest BCUT2D eigenvalue weighted by atomic mass is 79.9. The average Bonchev–Trinajstić information content (AvgIpc) is 2.08. The topological polar surface area (TPSA) is 68.0 Å². The van der Waals surface area contributed by atoms with Crippen molar-refractivity contribution in [3.63, 3.8) is 0 Å². The molecule has 0 aliphatic rings. The molecular weight excluding hydrogens is 245 g/mol. The SMILES string of the molecule is NNC(=O)c1cc(Br)cnc1Cl. The molecule has 1 heterocycles. The van der Waals surface area contributed by atoms with Gasteiger partial charge in [-0.3, -0.25) is 10.2 Å². The van der Waals surface area contributed by atoms with Crippen LogP contribution in [0.1, 0.15) is 10.4 Å². The third kappa shape index (κ3) is 1.94. The maximum atomic E-state index is 11.0. The van der Waals surface area contributed by atoms with Crippen LogP contribution in [0, 0.1) is 0 Å². The molecule has 0 saturated heterocycles. The highest BCUT2D eigenvalue weighted by molar-refractivity contribution is 9.10. The number of nitrogen functional groups attached to an aromatic ring is 1. The van der Waals surface area contributed by atoms with Crippen LogP contribution in [0.25, 0.3) is 0 Å². The summed E-state index contributed by atoms with van der Waals surface area (Å²) in [6, 6.07) is 1.54. The lowest BCUT2D eigenvalue weighted by Gasteiger charge is -2.01. The van der Waals surface area contributed by atoms with Crippen molar-refractivity contribution in [3.05, 3.63) is 27.5 Å². The number of hydrazine groups is 1. The summed E-state index contributed by atoms with van der Waals surface area (Å²) in [7, 11) is 0. The number of hydrogen-bond donors (Lipinski definition) is 2. The van der Waals surface area contributed by atoms with Gasteiger partial charge in [-0.1, -0.05) is 11.6 Å². The molecular formula is C6H5BrClN3O. The van der Waals surface area contributed by atoms with Gasteiger partial charge in [-0.05, 0) is 22.0 Å². The molecule has 64 valence electrons. The molecule has 1 aromatic heterocycles. The maximum absolute atomic E-state index is 11.0. The zero-order chi connectivity index (χ0) is 9.14. The van der Waals surface area contributed by atoms with Crippen LogP contribution in [-0.4, -0.2) is 10.9 Å². The number of rotatable bonds is 1. The first-order valence-electron chi connectivity index (χ1n) is 2.97. The van der Waals surface area contributed by atoms with Crippen molar-refractivity contribution in [2.45, 2.75) is 0 Å². The van der Waals surface area contributed by atoms with Gasteiger partial charge in [-0.15, -0.1) is 0 Å². The maximum Gasteiger partial charge on any atom is 0.268 e. The summed E-state index contributed by atoms with van der Waals surface area (Å²) in [6.07, 6.45) is 1.50. The molecule has 0 radical (unpaired) electrons. The van der Waals surface area contributed by atoms with E-state index in [0.717, 1.165) is 0 Å². The summed E-state index contributed by atoms with van der Waals surface area (Å²) in [4.78, 5) is 14.8. The Balaban J connectivity index is 3.13. The Morgan fingerprint density at radius 3 is 3.00 bits per heavy atom. The summed E-state index contributed by atoms with van der Waals surface area (Å²) in [6.45, 7) is 0. The lowest BCUT2D eigenvalue weighted by atomic mass is 10.3. The Morgan fingerprint density at radius 1 is 1.75 bits per heavy atom. The van der Waals surface area contributed by atoms with E-state index in [4.69, 9.17) is 17.4 Å². The Bertz CT molecular complexity index is 318. The van der Waals surface area contributed by atoms with E-state index in [1.54, 1.807) is 0 Å². The number of hydrogen-bond acceptors (Lipinski definition) is 3. The molecule has 0 aliphatic carbocycles. The van der Waals surface area contributed by atoms with Gasteiger partial charge in [-0.25, -0.2) is 10.8 Å². The van der Waals surface area contributed by atoms with Crippen LogP contribution in [0.4, 0.5) is 0 Å². The summed E-state index contributed by atoms with van der Waals surface area (Å²) in [5.74, 6) is 4.46. The van der Waals surface area contributed by atoms with Gasteiger partial charge < -0.3 is 0 Å². The van der Waals surface area contributed by atoms with Crippen LogP contribution in [0.3, 0.4) is 0 Å². The summed E-state index contributed by atoms with van der Waals surface area (Å²) in [5, 5.41) is 0.126. The van der Waals surface area contributed by atoms with Crippen molar-refractivity contribution in [2.24, 2.45) is 5.84 Å². The number of pyridine rings is 1. The summed E-state index contributed by atoms with van der Waals surface area (Å²) in [5.41, 5.74) is 2.21. The molecule has 0 unspecified atom stereocenters. The number of amides is 1. The highest BCUT2D eigenvalue weighted by Crippen LogP contribution is 2.17. The molecule has 0 spiro atoms. The van der Waals surface area contributed by atoms with Crippen LogP contribution in [0.2, 0.25) is 5.15 Å². The minimum atomic E-state index is -0.464. The second kappa shape index (κ2) is 3.84. The molecule has 4 nitrogen and oxygen atoms in total. The van der Waals surface area contributed by atoms with E-state index in [1.165, 1.54) is 12.3 Å². The van der Waals surface area contributed by atoms with Crippen LogP contribution in [0.15, 0.2) is 16.7 Å². The third-order valence-corrected chi connectivity index (χ3v) is 1.92. The monoisotopic (exact) mass is 249 g/mol. The molecule has 3 N–H and O–H groups in total. The minimum Gasteiger partial charge on any atom is -0.290 e. The van der Waals surface area contributed by atoms with Gasteiger partial charge in [0.15, 0.2) is 0 Å². The predicted octanol–water partition coefficient (Wildman–Crippen LogP) is 1.10. The first-order valence-corrected chi connectivity index (χ1v) is 4.14. The van der Waals surface area contributed by atoms with Gasteiger partial charge in [0.25, 0.3) is 5.91 Å². The van der Waals surface area contributed by atoms with Crippen LogP contribution in [0.5, 0.6) is 0 Å². The Morgan fingerprint density at radius 2 is 2.42 bits per heavy atom. The minimum absolute atomic E-state index is 0.126. The van der Waals surface area contributed by atoms with Gasteiger partial charge in [0, 0.05) is 10.7 Å². The molecule has 0 atom stereocenters. The number of aromatic nitrogens is 1. The smallest absolute Gasteiger partial charge is 0.268 e. The number of carbonyl (C=O) groups excluding carboxylic acids is 1. The van der Waals surface area contributed by atoms with E-state index >= 15 is 0 Å². The standard InChI is InChI=1S/C6H5BrClN3O/c7-3-1-4(6(12)11-9)5(8)10-2-3/h1-2H,9H2,(H,11,12). The van der Waals surface area contributed by atoms with Crippen molar-refractivity contribution in [1.29, 1.82) is 0 Å². The molecule has 0 fully saturated rings. The van der Waals surface area contributed by atoms with E-state index in [2.05, 4.69) is 20.9 Å². The second-order valence-electron chi connectivity index (χ2n) is 1.97. The van der Waals surface area contributed by atoms with E-state index in [9.17, 15) is 4.79 Å². The van der Waals surface area contributed by atoms with Gasteiger partial charge in [-0.2, -0.15) is 0 Å². The van der Waals surface area contributed by atoms with Crippen molar-refractivity contribution >= 4 is 33.4 Å². The van der Waals surface area contributed by atoms with Crippen LogP contribution in [-0.2, 0) is 0 Å². The number of nitrogens with zero attached hydrogens (tertiary/aromatic N) is 1. The second-order valence-corrected chi connectivity index (χ2v) is 3.24. The largest absolute Gasteiger partial charge is 0.290 e. The average molecular weight is 250 g/mol. The van der Waals surface area contributed by atoms with E-state index < -0.39 is 5.91 Å². The molecule has 6 heteroatoms. The Kier molecular flexibility index (Phi) is 3.02. The third-order valence-electron chi connectivity index (χ3n) is 1.18. The van der Waals surface area contributed by atoms with Crippen molar-refractivity contribution in [3.8, 4) is 0 Å². The van der Waals surface area contributed by atoms with E-state index in [-0.39, 0.29) is 10.7 Å². The fourth-order valence-corrected chi connectivity index (χ4v) is 1.18. The predicted molar refractivity (Wildman–Crippen MR) is 48.6 cm³/mol. The normalized spacial score (nSPS) is 9.58. The zero-order valence-corrected chi connectivity index (χ0v) is 8.19. The summed E-state index contributed by atoms with van der Waals surface area (Å²) >= 11 is 8.77. The fraction of sp³-hybridized carbons (Fsp3) is 0. The molecule has 1 rings (SSSR count). The Hall–Kier alpha value is -0.650. The molecule has 1 amide bonds. The fourth-order valence-electron chi connectivity index (χ4n) is 0.660. The van der Waals surface area contributed by atoms with Crippen LogP contribution < -0.4 is 11.3 Å². The molecule has 0 aromatic carbocycles. The van der Waals surface area contributed by atoms with Gasteiger partial charge in [0.1, 0.15) is 5.15 Å². The first-order chi connectivity index (χ1) is 5.65. The molecule has 0 saturated carbocycles. The number of halogens is 2. The Labute approximate surface area is 82.2 Å². The number of nitrogens with one attached hydrogen (secondary N) is 1. The van der Waals surface area contributed by atoms with Gasteiger partial charge in [0.05, 0.1) is 5.56 Å². The van der Waals surface area contributed by atoms with Gasteiger partial charge in [0.2, 0.25) is 0 Å². The number of nitrogens with two attached hydrogens (primary N) is 1. The van der Waals surface area contributed by atoms with E-state index in [0.29, 0.717) is 4.47 Å². The molecule has 0 aliphatic heterocycles. The van der Waals surface area contributed by atoms with Crippen LogP contribution >= 0.6 is 27.5 Å².